The summed E-state index contributed by atoms with van der Waals surface area (Å²) in [6.07, 6.45) is 4.94. The van der Waals surface area contributed by atoms with Crippen LogP contribution in [-0.4, -0.2) is 54.3 Å². The average Bonchev–Trinajstić information content (AvgIpc) is 2.96. The Hall–Kier alpha value is -1.82. The quantitative estimate of drug-likeness (QED) is 0.688. The van der Waals surface area contributed by atoms with Crippen molar-refractivity contribution >= 4 is 17.3 Å². The van der Waals surface area contributed by atoms with Crippen LogP contribution in [0.1, 0.15) is 66.0 Å². The predicted octanol–water partition coefficient (Wildman–Crippen LogP) is 2.57. The Morgan fingerprint density at radius 3 is 2.61 bits per heavy atom. The number of rotatable bonds is 8. The first-order chi connectivity index (χ1) is 11.0. The summed E-state index contributed by atoms with van der Waals surface area (Å²) in [6.45, 7) is 3.55. The van der Waals surface area contributed by atoms with Crippen molar-refractivity contribution in [2.75, 3.05) is 27.2 Å². The lowest BCUT2D eigenvalue weighted by atomic mass is 9.97. The zero-order chi connectivity index (χ0) is 16.8. The average molecular weight is 319 g/mol. The normalized spacial score (nSPS) is 16.4. The summed E-state index contributed by atoms with van der Waals surface area (Å²) in [5.41, 5.74) is 0.467. The van der Waals surface area contributed by atoms with Gasteiger partial charge in [0.1, 0.15) is 0 Å². The van der Waals surface area contributed by atoms with E-state index >= 15 is 0 Å². The van der Waals surface area contributed by atoms with Gasteiger partial charge in [-0.25, -0.2) is 4.98 Å². The number of unbranched alkanes of at least 4 members (excludes halogenated alkanes) is 3. The maximum absolute atomic E-state index is 12.3. The molecule has 1 aromatic heterocycles. The highest BCUT2D eigenvalue weighted by molar-refractivity contribution is 6.51. The second-order valence-electron chi connectivity index (χ2n) is 6.11. The molecule has 0 fully saturated rings. The van der Waals surface area contributed by atoms with E-state index in [9.17, 15) is 9.59 Å². The SMILES string of the molecule is CCc1nc2c(o1)C(=O)CC(=NCCCCCCN(C)C)C2=O. The number of hydrogen-bond acceptors (Lipinski definition) is 6. The van der Waals surface area contributed by atoms with Crippen LogP contribution in [0, 0.1) is 0 Å². The van der Waals surface area contributed by atoms with Gasteiger partial charge < -0.3 is 9.32 Å². The van der Waals surface area contributed by atoms with E-state index in [1.807, 2.05) is 6.92 Å². The van der Waals surface area contributed by atoms with E-state index in [1.54, 1.807) is 0 Å². The summed E-state index contributed by atoms with van der Waals surface area (Å²) in [4.78, 5) is 35.0. The van der Waals surface area contributed by atoms with Crippen molar-refractivity contribution in [3.8, 4) is 0 Å². The van der Waals surface area contributed by atoms with Crippen LogP contribution in [0.25, 0.3) is 0 Å². The van der Waals surface area contributed by atoms with Gasteiger partial charge in [-0.1, -0.05) is 19.8 Å². The van der Waals surface area contributed by atoms with Gasteiger partial charge in [0.25, 0.3) is 0 Å². The Balaban J connectivity index is 1.86. The molecule has 0 amide bonds. The molecule has 1 aliphatic carbocycles. The maximum atomic E-state index is 12.3. The minimum Gasteiger partial charge on any atom is -0.437 e. The molecule has 0 N–H and O–H groups in total. The number of oxazole rings is 1. The molecule has 6 nitrogen and oxygen atoms in total. The number of fused-ring (bicyclic) bond motifs is 1. The Labute approximate surface area is 137 Å². The number of hydrogen-bond donors (Lipinski definition) is 0. The first-order valence-electron chi connectivity index (χ1n) is 8.28. The molecule has 1 aliphatic rings. The van der Waals surface area contributed by atoms with E-state index in [-0.39, 0.29) is 29.4 Å². The number of carbonyl (C=O) groups excluding carboxylic acids is 2. The molecule has 23 heavy (non-hydrogen) atoms. The molecule has 0 saturated heterocycles. The zero-order valence-electron chi connectivity index (χ0n) is 14.2. The lowest BCUT2D eigenvalue weighted by molar-refractivity contribution is 0.0938. The summed E-state index contributed by atoms with van der Waals surface area (Å²) in [5.74, 6) is 0.0838. The highest BCUT2D eigenvalue weighted by Gasteiger charge is 2.34. The Morgan fingerprint density at radius 1 is 1.17 bits per heavy atom. The highest BCUT2D eigenvalue weighted by Crippen LogP contribution is 2.21. The van der Waals surface area contributed by atoms with Crippen molar-refractivity contribution in [2.24, 2.45) is 4.99 Å². The summed E-state index contributed by atoms with van der Waals surface area (Å²) >= 11 is 0. The van der Waals surface area contributed by atoms with Gasteiger partial charge in [0.15, 0.2) is 11.6 Å². The maximum Gasteiger partial charge on any atom is 0.229 e. The number of aliphatic imine (C=N–C) groups is 1. The van der Waals surface area contributed by atoms with Crippen LogP contribution in [0.4, 0.5) is 0 Å². The minimum absolute atomic E-state index is 0.0325. The summed E-state index contributed by atoms with van der Waals surface area (Å²) in [7, 11) is 4.14. The van der Waals surface area contributed by atoms with Crippen molar-refractivity contribution in [2.45, 2.75) is 45.4 Å². The Kier molecular flexibility index (Phi) is 6.21. The van der Waals surface area contributed by atoms with Gasteiger partial charge in [-0.05, 0) is 33.5 Å². The predicted molar refractivity (Wildman–Crippen MR) is 88.5 cm³/mol. The van der Waals surface area contributed by atoms with Gasteiger partial charge in [-0.2, -0.15) is 0 Å². The molecule has 0 bridgehead atoms. The largest absolute Gasteiger partial charge is 0.437 e. The van der Waals surface area contributed by atoms with Crippen molar-refractivity contribution < 1.29 is 14.0 Å². The number of ketones is 2. The molecular formula is C17H25N3O3. The van der Waals surface area contributed by atoms with Gasteiger partial charge in [0.2, 0.25) is 17.3 Å². The summed E-state index contributed by atoms with van der Waals surface area (Å²) in [5, 5.41) is 0. The molecule has 0 unspecified atom stereocenters. The van der Waals surface area contributed by atoms with Crippen LogP contribution in [0.15, 0.2) is 9.41 Å². The van der Waals surface area contributed by atoms with Crippen molar-refractivity contribution in [1.82, 2.24) is 9.88 Å². The molecule has 0 atom stereocenters. The zero-order valence-corrected chi connectivity index (χ0v) is 14.2. The van der Waals surface area contributed by atoms with E-state index in [0.29, 0.717) is 24.6 Å². The number of Topliss-reactive ketones (excluding diaryl/α,β-unsaturated/α-hetero) is 2. The first-order valence-corrected chi connectivity index (χ1v) is 8.28. The lowest BCUT2D eigenvalue weighted by Crippen LogP contribution is -2.27. The van der Waals surface area contributed by atoms with Gasteiger partial charge >= 0.3 is 0 Å². The Morgan fingerprint density at radius 2 is 1.91 bits per heavy atom. The van der Waals surface area contributed by atoms with Gasteiger partial charge in [-0.15, -0.1) is 0 Å². The van der Waals surface area contributed by atoms with Crippen LogP contribution >= 0.6 is 0 Å². The lowest BCUT2D eigenvalue weighted by Gasteiger charge is -2.10. The molecule has 0 spiro atoms. The monoisotopic (exact) mass is 319 g/mol. The van der Waals surface area contributed by atoms with Crippen molar-refractivity contribution in [3.05, 3.63) is 17.3 Å². The molecule has 6 heteroatoms. The molecule has 0 radical (unpaired) electrons. The summed E-state index contributed by atoms with van der Waals surface area (Å²) < 4.78 is 5.34. The van der Waals surface area contributed by atoms with Crippen molar-refractivity contribution in [1.29, 1.82) is 0 Å². The van der Waals surface area contributed by atoms with Gasteiger partial charge in [-0.3, -0.25) is 14.6 Å². The second-order valence-corrected chi connectivity index (χ2v) is 6.11. The topological polar surface area (TPSA) is 75.8 Å². The Bertz CT molecular complexity index is 602. The minimum atomic E-state index is -0.254. The van der Waals surface area contributed by atoms with E-state index in [1.165, 1.54) is 6.42 Å². The van der Waals surface area contributed by atoms with E-state index in [0.717, 1.165) is 25.8 Å². The number of aromatic nitrogens is 1. The summed E-state index contributed by atoms with van der Waals surface area (Å²) in [6, 6.07) is 0. The van der Waals surface area contributed by atoms with Crippen LogP contribution < -0.4 is 0 Å². The van der Waals surface area contributed by atoms with Crippen LogP contribution in [0.5, 0.6) is 0 Å². The third kappa shape index (κ3) is 4.58. The van der Waals surface area contributed by atoms with Gasteiger partial charge in [0, 0.05) is 13.0 Å². The van der Waals surface area contributed by atoms with E-state index in [4.69, 9.17) is 4.42 Å². The first kappa shape index (κ1) is 17.5. The van der Waals surface area contributed by atoms with Crippen LogP contribution in [-0.2, 0) is 6.42 Å². The van der Waals surface area contributed by atoms with Crippen LogP contribution in [0.2, 0.25) is 0 Å². The standard InChI is InChI=1S/C17H25N3O3/c1-4-14-19-15-16(22)12(11-13(21)17(15)23-14)18-9-7-5-6-8-10-20(2)3/h4-11H2,1-3H3. The van der Waals surface area contributed by atoms with E-state index in [2.05, 4.69) is 29.0 Å². The highest BCUT2D eigenvalue weighted by atomic mass is 16.4. The fourth-order valence-electron chi connectivity index (χ4n) is 2.54. The van der Waals surface area contributed by atoms with Crippen LogP contribution in [0.3, 0.4) is 0 Å². The number of carbonyl (C=O) groups is 2. The molecule has 2 rings (SSSR count). The third-order valence-corrected chi connectivity index (χ3v) is 3.85. The van der Waals surface area contributed by atoms with Crippen molar-refractivity contribution in [3.63, 3.8) is 0 Å². The molecule has 0 aliphatic heterocycles. The smallest absolute Gasteiger partial charge is 0.229 e. The molecule has 0 aromatic carbocycles. The molecule has 126 valence electrons. The third-order valence-electron chi connectivity index (χ3n) is 3.85. The fraction of sp³-hybridized carbons (Fsp3) is 0.647. The van der Waals surface area contributed by atoms with E-state index < -0.39 is 0 Å². The number of nitrogens with zero attached hydrogens (tertiary/aromatic N) is 3. The molecule has 1 heterocycles. The molecular weight excluding hydrogens is 294 g/mol. The fourth-order valence-corrected chi connectivity index (χ4v) is 2.54. The molecule has 1 aromatic rings. The second kappa shape index (κ2) is 8.15. The molecule has 0 saturated carbocycles. The number of aryl methyl sites for hydroxylation is 1. The van der Waals surface area contributed by atoms with Gasteiger partial charge in [0.05, 0.1) is 12.1 Å².